The number of nitrogens with zero attached hydrogens (tertiary/aromatic N) is 1. The zero-order chi connectivity index (χ0) is 12.3. The first-order chi connectivity index (χ1) is 8.20. The van der Waals surface area contributed by atoms with Crippen LogP contribution in [-0.2, 0) is 0 Å². The van der Waals surface area contributed by atoms with E-state index in [1.807, 2.05) is 0 Å². The molecule has 4 heteroatoms. The van der Waals surface area contributed by atoms with Gasteiger partial charge < -0.3 is 11.1 Å². The predicted octanol–water partition coefficient (Wildman–Crippen LogP) is 3.81. The highest BCUT2D eigenvalue weighted by Gasteiger charge is 2.20. The number of halogens is 1. The summed E-state index contributed by atoms with van der Waals surface area (Å²) in [4.78, 5) is 4.05. The van der Waals surface area contributed by atoms with Gasteiger partial charge in [0.05, 0.1) is 22.0 Å². The second-order valence-corrected chi connectivity index (χ2v) is 5.71. The Kier molecular flexibility index (Phi) is 4.26. The van der Waals surface area contributed by atoms with Crippen LogP contribution in [0.5, 0.6) is 0 Å². The van der Waals surface area contributed by atoms with Gasteiger partial charge in [-0.1, -0.05) is 13.3 Å². The third-order valence-corrected chi connectivity index (χ3v) is 4.30. The van der Waals surface area contributed by atoms with Gasteiger partial charge in [0.25, 0.3) is 0 Å². The second-order valence-electron chi connectivity index (χ2n) is 4.86. The van der Waals surface area contributed by atoms with Gasteiger partial charge in [0, 0.05) is 12.2 Å². The number of aromatic nitrogens is 1. The van der Waals surface area contributed by atoms with Crippen LogP contribution in [0, 0.1) is 5.92 Å². The van der Waals surface area contributed by atoms with Gasteiger partial charge in [-0.15, -0.1) is 0 Å². The molecular formula is C13H20BrN3. The lowest BCUT2D eigenvalue weighted by Gasteiger charge is -2.29. The molecule has 0 spiro atoms. The van der Waals surface area contributed by atoms with E-state index in [2.05, 4.69) is 33.2 Å². The molecule has 1 fully saturated rings. The Bertz CT molecular complexity index is 353. The summed E-state index contributed by atoms with van der Waals surface area (Å²) in [6.07, 6.45) is 9.95. The van der Waals surface area contributed by atoms with E-state index in [-0.39, 0.29) is 0 Å². The summed E-state index contributed by atoms with van der Waals surface area (Å²) in [5.74, 6) is 0.922. The Morgan fingerprint density at radius 3 is 2.65 bits per heavy atom. The monoisotopic (exact) mass is 297 g/mol. The molecule has 1 aliphatic carbocycles. The molecule has 0 radical (unpaired) electrons. The predicted molar refractivity (Wildman–Crippen MR) is 76.0 cm³/mol. The summed E-state index contributed by atoms with van der Waals surface area (Å²) in [6.45, 7) is 2.29. The van der Waals surface area contributed by atoms with Crippen molar-refractivity contribution in [1.29, 1.82) is 0 Å². The quantitative estimate of drug-likeness (QED) is 0.892. The molecule has 1 aromatic rings. The standard InChI is InChI=1S/C13H20BrN3/c1-2-9-3-5-10(6-4-9)17-13-11(14)7-16-8-12(13)15/h7-10H,2-6,15H2,1H3,(H,16,17). The minimum absolute atomic E-state index is 0.554. The van der Waals surface area contributed by atoms with Crippen molar-refractivity contribution in [2.75, 3.05) is 11.1 Å². The maximum atomic E-state index is 5.94. The van der Waals surface area contributed by atoms with Gasteiger partial charge in [-0.3, -0.25) is 4.98 Å². The van der Waals surface area contributed by atoms with E-state index >= 15 is 0 Å². The molecule has 94 valence electrons. The Hall–Kier alpha value is -0.770. The van der Waals surface area contributed by atoms with Gasteiger partial charge in [0.1, 0.15) is 0 Å². The van der Waals surface area contributed by atoms with Gasteiger partial charge in [-0.25, -0.2) is 0 Å². The number of nitrogens with two attached hydrogens (primary N) is 1. The average Bonchev–Trinajstić information content (AvgIpc) is 2.35. The summed E-state index contributed by atoms with van der Waals surface area (Å²) in [6, 6.07) is 0.554. The SMILES string of the molecule is CCC1CCC(Nc2c(N)cncc2Br)CC1. The maximum absolute atomic E-state index is 5.94. The fourth-order valence-electron chi connectivity index (χ4n) is 2.52. The van der Waals surface area contributed by atoms with E-state index in [1.54, 1.807) is 12.4 Å². The van der Waals surface area contributed by atoms with E-state index in [1.165, 1.54) is 32.1 Å². The molecule has 0 amide bonds. The van der Waals surface area contributed by atoms with Crippen LogP contribution in [-0.4, -0.2) is 11.0 Å². The smallest absolute Gasteiger partial charge is 0.0752 e. The van der Waals surface area contributed by atoms with Crippen LogP contribution in [0.2, 0.25) is 0 Å². The van der Waals surface area contributed by atoms with E-state index < -0.39 is 0 Å². The molecule has 1 aliphatic rings. The molecule has 0 aliphatic heterocycles. The van der Waals surface area contributed by atoms with Crippen LogP contribution in [0.15, 0.2) is 16.9 Å². The Labute approximate surface area is 111 Å². The molecule has 2 rings (SSSR count). The lowest BCUT2D eigenvalue weighted by molar-refractivity contribution is 0.330. The van der Waals surface area contributed by atoms with Crippen molar-refractivity contribution in [3.63, 3.8) is 0 Å². The van der Waals surface area contributed by atoms with Gasteiger partial charge in [-0.2, -0.15) is 0 Å². The maximum Gasteiger partial charge on any atom is 0.0752 e. The van der Waals surface area contributed by atoms with Crippen molar-refractivity contribution in [2.24, 2.45) is 5.92 Å². The Morgan fingerprint density at radius 2 is 2.06 bits per heavy atom. The summed E-state index contributed by atoms with van der Waals surface area (Å²) in [5, 5.41) is 3.55. The first kappa shape index (κ1) is 12.7. The highest BCUT2D eigenvalue weighted by atomic mass is 79.9. The summed E-state index contributed by atoms with van der Waals surface area (Å²) < 4.78 is 0.954. The fourth-order valence-corrected chi connectivity index (χ4v) is 2.98. The van der Waals surface area contributed by atoms with Crippen molar-refractivity contribution in [1.82, 2.24) is 4.98 Å². The molecule has 17 heavy (non-hydrogen) atoms. The van der Waals surface area contributed by atoms with Crippen molar-refractivity contribution < 1.29 is 0 Å². The minimum atomic E-state index is 0.554. The third kappa shape index (κ3) is 3.12. The molecule has 1 aromatic heterocycles. The summed E-state index contributed by atoms with van der Waals surface area (Å²) in [5.41, 5.74) is 7.66. The molecule has 3 N–H and O–H groups in total. The topological polar surface area (TPSA) is 50.9 Å². The zero-order valence-electron chi connectivity index (χ0n) is 10.2. The van der Waals surface area contributed by atoms with Gasteiger partial charge in [0.15, 0.2) is 0 Å². The Balaban J connectivity index is 1.98. The van der Waals surface area contributed by atoms with Crippen LogP contribution in [0.4, 0.5) is 11.4 Å². The lowest BCUT2D eigenvalue weighted by Crippen LogP contribution is -2.26. The van der Waals surface area contributed by atoms with E-state index in [4.69, 9.17) is 5.73 Å². The van der Waals surface area contributed by atoms with Crippen molar-refractivity contribution in [2.45, 2.75) is 45.1 Å². The van der Waals surface area contributed by atoms with E-state index in [9.17, 15) is 0 Å². The largest absolute Gasteiger partial charge is 0.396 e. The highest BCUT2D eigenvalue weighted by Crippen LogP contribution is 2.32. The number of nitrogens with one attached hydrogen (secondary N) is 1. The summed E-state index contributed by atoms with van der Waals surface area (Å²) in [7, 11) is 0. The number of rotatable bonds is 3. The number of hydrogen-bond donors (Lipinski definition) is 2. The van der Waals surface area contributed by atoms with Crippen LogP contribution >= 0.6 is 15.9 Å². The zero-order valence-corrected chi connectivity index (χ0v) is 11.8. The second kappa shape index (κ2) is 5.71. The minimum Gasteiger partial charge on any atom is -0.396 e. The molecule has 0 saturated heterocycles. The van der Waals surface area contributed by atoms with Crippen LogP contribution in [0.3, 0.4) is 0 Å². The Morgan fingerprint density at radius 1 is 1.35 bits per heavy atom. The van der Waals surface area contributed by atoms with Crippen LogP contribution < -0.4 is 11.1 Å². The van der Waals surface area contributed by atoms with Gasteiger partial charge >= 0.3 is 0 Å². The van der Waals surface area contributed by atoms with Crippen molar-refractivity contribution in [3.05, 3.63) is 16.9 Å². The summed E-state index contributed by atoms with van der Waals surface area (Å²) >= 11 is 3.49. The molecule has 1 saturated carbocycles. The fraction of sp³-hybridized carbons (Fsp3) is 0.615. The first-order valence-electron chi connectivity index (χ1n) is 6.36. The molecule has 0 aromatic carbocycles. The third-order valence-electron chi connectivity index (χ3n) is 3.70. The molecule has 3 nitrogen and oxygen atoms in total. The molecule has 0 atom stereocenters. The lowest BCUT2D eigenvalue weighted by atomic mass is 9.84. The molecular weight excluding hydrogens is 278 g/mol. The number of pyridine rings is 1. The van der Waals surface area contributed by atoms with Crippen molar-refractivity contribution >= 4 is 27.3 Å². The van der Waals surface area contributed by atoms with Gasteiger partial charge in [0.2, 0.25) is 0 Å². The molecule has 0 bridgehead atoms. The molecule has 1 heterocycles. The average molecular weight is 298 g/mol. The number of hydrogen-bond acceptors (Lipinski definition) is 3. The normalized spacial score (nSPS) is 24.6. The van der Waals surface area contributed by atoms with E-state index in [0.717, 1.165) is 21.8 Å². The number of anilines is 2. The van der Waals surface area contributed by atoms with Crippen LogP contribution in [0.1, 0.15) is 39.0 Å². The van der Waals surface area contributed by atoms with Gasteiger partial charge in [-0.05, 0) is 47.5 Å². The van der Waals surface area contributed by atoms with Crippen molar-refractivity contribution in [3.8, 4) is 0 Å². The highest BCUT2D eigenvalue weighted by molar-refractivity contribution is 9.10. The number of nitrogen functional groups attached to an aromatic ring is 1. The van der Waals surface area contributed by atoms with E-state index in [0.29, 0.717) is 6.04 Å². The molecule has 0 unspecified atom stereocenters. The van der Waals surface area contributed by atoms with Crippen LogP contribution in [0.25, 0.3) is 0 Å². The first-order valence-corrected chi connectivity index (χ1v) is 7.15.